The number of hydrogen-bond acceptors (Lipinski definition) is 4. The van der Waals surface area contributed by atoms with Crippen molar-refractivity contribution >= 4 is 5.97 Å². The van der Waals surface area contributed by atoms with E-state index in [0.29, 0.717) is 44.8 Å². The smallest absolute Gasteiger partial charge is 0.306 e. The van der Waals surface area contributed by atoms with Crippen molar-refractivity contribution in [3.8, 4) is 0 Å². The van der Waals surface area contributed by atoms with Crippen molar-refractivity contribution in [2.45, 2.75) is 37.7 Å². The lowest BCUT2D eigenvalue weighted by atomic mass is 9.79. The first-order chi connectivity index (χ1) is 8.59. The van der Waals surface area contributed by atoms with E-state index >= 15 is 0 Å². The van der Waals surface area contributed by atoms with Crippen molar-refractivity contribution in [1.29, 1.82) is 0 Å². The van der Waals surface area contributed by atoms with Gasteiger partial charge in [-0.2, -0.15) is 0 Å². The number of hydrogen-bond donors (Lipinski definition) is 2. The minimum Gasteiger partial charge on any atom is -0.481 e. The molecular formula is C13H22O5. The Hall–Kier alpha value is -0.650. The minimum atomic E-state index is -0.828. The first-order valence-electron chi connectivity index (χ1n) is 6.70. The van der Waals surface area contributed by atoms with Gasteiger partial charge in [-0.15, -0.1) is 0 Å². The molecule has 0 bridgehead atoms. The Morgan fingerprint density at radius 2 is 2.06 bits per heavy atom. The zero-order chi connectivity index (χ0) is 13.0. The molecule has 5 nitrogen and oxygen atoms in total. The fraction of sp³-hybridized carbons (Fsp3) is 0.923. The van der Waals surface area contributed by atoms with Gasteiger partial charge in [-0.05, 0) is 32.1 Å². The first-order valence-corrected chi connectivity index (χ1v) is 6.70. The average molecular weight is 258 g/mol. The summed E-state index contributed by atoms with van der Waals surface area (Å²) in [5.74, 6) is -0.599. The maximum absolute atomic E-state index is 10.8. The molecule has 1 aliphatic carbocycles. The van der Waals surface area contributed by atoms with Gasteiger partial charge >= 0.3 is 5.97 Å². The van der Waals surface area contributed by atoms with Crippen LogP contribution in [0.25, 0.3) is 0 Å². The predicted octanol–water partition coefficient (Wildman–Crippen LogP) is 1.05. The van der Waals surface area contributed by atoms with E-state index in [0.717, 1.165) is 19.6 Å². The van der Waals surface area contributed by atoms with E-state index in [9.17, 15) is 9.90 Å². The Labute approximate surface area is 107 Å². The van der Waals surface area contributed by atoms with Gasteiger partial charge in [0.15, 0.2) is 0 Å². The van der Waals surface area contributed by atoms with Crippen LogP contribution in [0.1, 0.15) is 32.1 Å². The third kappa shape index (κ3) is 3.67. The van der Waals surface area contributed by atoms with Crippen LogP contribution in [0, 0.1) is 11.8 Å². The summed E-state index contributed by atoms with van der Waals surface area (Å²) in [6, 6.07) is 0. The summed E-state index contributed by atoms with van der Waals surface area (Å²) in [6.07, 6.45) is 3.15. The molecule has 1 aliphatic heterocycles. The van der Waals surface area contributed by atoms with E-state index in [4.69, 9.17) is 14.6 Å². The topological polar surface area (TPSA) is 76.0 Å². The number of aliphatic carboxylic acids is 1. The Morgan fingerprint density at radius 1 is 1.33 bits per heavy atom. The van der Waals surface area contributed by atoms with Gasteiger partial charge in [0.05, 0.1) is 31.3 Å². The lowest BCUT2D eigenvalue weighted by molar-refractivity contribution is -0.146. The van der Waals surface area contributed by atoms with E-state index in [1.54, 1.807) is 0 Å². The second kappa shape index (κ2) is 5.99. The van der Waals surface area contributed by atoms with Gasteiger partial charge in [0.2, 0.25) is 0 Å². The highest BCUT2D eigenvalue weighted by Crippen LogP contribution is 2.32. The molecule has 104 valence electrons. The van der Waals surface area contributed by atoms with Crippen molar-refractivity contribution in [2.24, 2.45) is 11.8 Å². The van der Waals surface area contributed by atoms with Gasteiger partial charge in [0.1, 0.15) is 0 Å². The number of rotatable bonds is 5. The van der Waals surface area contributed by atoms with Crippen molar-refractivity contribution < 1.29 is 24.5 Å². The van der Waals surface area contributed by atoms with Crippen LogP contribution in [-0.4, -0.2) is 48.2 Å². The summed E-state index contributed by atoms with van der Waals surface area (Å²) < 4.78 is 10.8. The largest absolute Gasteiger partial charge is 0.481 e. The summed E-state index contributed by atoms with van der Waals surface area (Å²) in [7, 11) is 0. The van der Waals surface area contributed by atoms with Gasteiger partial charge in [-0.1, -0.05) is 0 Å². The van der Waals surface area contributed by atoms with Gasteiger partial charge in [-0.3, -0.25) is 4.79 Å². The van der Waals surface area contributed by atoms with Crippen LogP contribution in [0.4, 0.5) is 0 Å². The highest BCUT2D eigenvalue weighted by Gasteiger charge is 2.36. The molecule has 0 aromatic carbocycles. The van der Waals surface area contributed by atoms with Crippen LogP contribution in [0.2, 0.25) is 0 Å². The summed E-state index contributed by atoms with van der Waals surface area (Å²) in [5.41, 5.74) is -0.828. The highest BCUT2D eigenvalue weighted by molar-refractivity contribution is 5.70. The third-order valence-electron chi connectivity index (χ3n) is 4.01. The number of carbonyl (C=O) groups is 1. The third-order valence-corrected chi connectivity index (χ3v) is 4.01. The Morgan fingerprint density at radius 3 is 2.61 bits per heavy atom. The number of aliphatic hydroxyl groups is 1. The van der Waals surface area contributed by atoms with E-state index in [1.807, 2.05) is 0 Å². The quantitative estimate of drug-likeness (QED) is 0.770. The summed E-state index contributed by atoms with van der Waals surface area (Å²) >= 11 is 0. The van der Waals surface area contributed by atoms with Crippen molar-refractivity contribution in [1.82, 2.24) is 0 Å². The second-order valence-corrected chi connectivity index (χ2v) is 5.58. The molecular weight excluding hydrogens is 236 g/mol. The summed E-state index contributed by atoms with van der Waals surface area (Å²) in [4.78, 5) is 10.8. The van der Waals surface area contributed by atoms with Crippen molar-refractivity contribution in [2.75, 3.05) is 26.4 Å². The molecule has 2 fully saturated rings. The fourth-order valence-electron chi connectivity index (χ4n) is 2.68. The molecule has 2 aliphatic rings. The molecule has 0 amide bonds. The fourth-order valence-corrected chi connectivity index (χ4v) is 2.68. The molecule has 5 heteroatoms. The Kier molecular flexibility index (Phi) is 4.59. The maximum atomic E-state index is 10.8. The van der Waals surface area contributed by atoms with Gasteiger partial charge in [0, 0.05) is 12.5 Å². The molecule has 1 atom stereocenters. The molecule has 2 rings (SSSR count). The van der Waals surface area contributed by atoms with Crippen molar-refractivity contribution in [3.63, 3.8) is 0 Å². The molecule has 18 heavy (non-hydrogen) atoms. The van der Waals surface area contributed by atoms with Crippen LogP contribution < -0.4 is 0 Å². The number of carboxylic acids is 1. The highest BCUT2D eigenvalue weighted by atomic mass is 16.5. The van der Waals surface area contributed by atoms with Crippen LogP contribution in [0.15, 0.2) is 0 Å². The zero-order valence-electron chi connectivity index (χ0n) is 10.6. The summed E-state index contributed by atoms with van der Waals surface area (Å²) in [5, 5.41) is 19.2. The SMILES string of the molecule is O=C(O)C1CCC(O)(COCC2CCOC2)CC1. The molecule has 0 aromatic rings. The van der Waals surface area contributed by atoms with Gasteiger partial charge in [-0.25, -0.2) is 0 Å². The van der Waals surface area contributed by atoms with Crippen molar-refractivity contribution in [3.05, 3.63) is 0 Å². The minimum absolute atomic E-state index is 0.298. The molecule has 0 aromatic heterocycles. The van der Waals surface area contributed by atoms with E-state index in [2.05, 4.69) is 0 Å². The van der Waals surface area contributed by atoms with Crippen LogP contribution in [0.5, 0.6) is 0 Å². The Balaban J connectivity index is 1.67. The predicted molar refractivity (Wildman–Crippen MR) is 64.3 cm³/mol. The molecule has 1 unspecified atom stereocenters. The molecule has 1 heterocycles. The number of carboxylic acid groups (broad SMARTS) is 1. The van der Waals surface area contributed by atoms with Gasteiger partial charge in [0.25, 0.3) is 0 Å². The Bertz CT molecular complexity index is 277. The lowest BCUT2D eigenvalue weighted by Gasteiger charge is -2.34. The van der Waals surface area contributed by atoms with Crippen LogP contribution >= 0.6 is 0 Å². The molecule has 1 saturated heterocycles. The van der Waals surface area contributed by atoms with Crippen LogP contribution in [0.3, 0.4) is 0 Å². The van der Waals surface area contributed by atoms with E-state index in [1.165, 1.54) is 0 Å². The zero-order valence-corrected chi connectivity index (χ0v) is 10.6. The second-order valence-electron chi connectivity index (χ2n) is 5.58. The lowest BCUT2D eigenvalue weighted by Crippen LogP contribution is -2.40. The molecule has 2 N–H and O–H groups in total. The summed E-state index contributed by atoms with van der Waals surface area (Å²) in [6.45, 7) is 2.50. The molecule has 0 spiro atoms. The standard InChI is InChI=1S/C13H22O5/c14-12(15)11-1-4-13(16,5-2-11)9-18-8-10-3-6-17-7-10/h10-11,16H,1-9H2,(H,14,15). The van der Waals surface area contributed by atoms with E-state index < -0.39 is 11.6 Å². The first kappa shape index (κ1) is 13.8. The normalized spacial score (nSPS) is 36.7. The van der Waals surface area contributed by atoms with Crippen LogP contribution in [-0.2, 0) is 14.3 Å². The number of ether oxygens (including phenoxy) is 2. The van der Waals surface area contributed by atoms with Gasteiger partial charge < -0.3 is 19.7 Å². The molecule has 0 radical (unpaired) electrons. The molecule has 1 saturated carbocycles. The van der Waals surface area contributed by atoms with E-state index in [-0.39, 0.29) is 5.92 Å². The average Bonchev–Trinajstić information content (AvgIpc) is 2.82. The maximum Gasteiger partial charge on any atom is 0.306 e. The monoisotopic (exact) mass is 258 g/mol.